The minimum Gasteiger partial charge on any atom is -0.428 e. The van der Waals surface area contributed by atoms with Crippen molar-refractivity contribution in [3.05, 3.63) is 35.0 Å². The van der Waals surface area contributed by atoms with Crippen molar-refractivity contribution in [2.24, 2.45) is 11.1 Å². The molecule has 1 saturated heterocycles. The van der Waals surface area contributed by atoms with Gasteiger partial charge in [-0.2, -0.15) is 0 Å². The van der Waals surface area contributed by atoms with Crippen LogP contribution >= 0.6 is 23.1 Å². The summed E-state index contributed by atoms with van der Waals surface area (Å²) in [5.41, 5.74) is 6.31. The first-order valence-electron chi connectivity index (χ1n) is 12.2. The third-order valence-corrected chi connectivity index (χ3v) is 8.29. The van der Waals surface area contributed by atoms with Gasteiger partial charge in [0, 0.05) is 11.1 Å². The number of amides is 2. The van der Waals surface area contributed by atoms with Crippen molar-refractivity contribution in [2.45, 2.75) is 50.4 Å². The molecular formula is C24H29N5O7S2. The van der Waals surface area contributed by atoms with E-state index in [2.05, 4.69) is 22.0 Å². The van der Waals surface area contributed by atoms with Crippen LogP contribution in [0.3, 0.4) is 0 Å². The van der Waals surface area contributed by atoms with E-state index in [0.29, 0.717) is 11.3 Å². The van der Waals surface area contributed by atoms with Crippen LogP contribution in [0.25, 0.3) is 0 Å². The molecule has 2 aliphatic heterocycles. The smallest absolute Gasteiger partial charge is 0.358 e. The van der Waals surface area contributed by atoms with Gasteiger partial charge in [0.25, 0.3) is 11.8 Å². The Labute approximate surface area is 227 Å². The Kier molecular flexibility index (Phi) is 9.05. The van der Waals surface area contributed by atoms with Crippen LogP contribution in [-0.4, -0.2) is 69.9 Å². The number of nitrogens with two attached hydrogens (primary N) is 1. The van der Waals surface area contributed by atoms with Crippen LogP contribution in [0.4, 0.5) is 5.13 Å². The zero-order valence-corrected chi connectivity index (χ0v) is 22.5. The molecule has 1 saturated carbocycles. The van der Waals surface area contributed by atoms with Gasteiger partial charge in [0.15, 0.2) is 10.8 Å². The molecule has 2 atom stereocenters. The van der Waals surface area contributed by atoms with Gasteiger partial charge >= 0.3 is 11.9 Å². The fourth-order valence-electron chi connectivity index (χ4n) is 4.39. The largest absolute Gasteiger partial charge is 0.428 e. The van der Waals surface area contributed by atoms with Gasteiger partial charge < -0.3 is 25.4 Å². The number of nitrogens with zero attached hydrogens (tertiary/aromatic N) is 3. The van der Waals surface area contributed by atoms with E-state index in [0.717, 1.165) is 43.4 Å². The predicted molar refractivity (Wildman–Crippen MR) is 141 cm³/mol. The number of hydrogen-bond donors (Lipinski definition) is 2. The predicted octanol–water partition coefficient (Wildman–Crippen LogP) is 1.93. The van der Waals surface area contributed by atoms with E-state index in [4.69, 9.17) is 20.0 Å². The van der Waals surface area contributed by atoms with Crippen molar-refractivity contribution < 1.29 is 33.5 Å². The first-order valence-corrected chi connectivity index (χ1v) is 14.1. The summed E-state index contributed by atoms with van der Waals surface area (Å²) < 4.78 is 10.4. The molecule has 1 aromatic rings. The van der Waals surface area contributed by atoms with Gasteiger partial charge in [-0.25, -0.2) is 9.78 Å². The van der Waals surface area contributed by atoms with Crippen LogP contribution in [0.5, 0.6) is 0 Å². The number of nitrogens with one attached hydrogen (secondary N) is 1. The van der Waals surface area contributed by atoms with Crippen LogP contribution in [0.15, 0.2) is 34.5 Å². The summed E-state index contributed by atoms with van der Waals surface area (Å²) in [6, 6.07) is -0.923. The molecule has 4 rings (SSSR count). The lowest BCUT2D eigenvalue weighted by molar-refractivity contribution is -0.171. The van der Waals surface area contributed by atoms with Gasteiger partial charge in [-0.05, 0) is 25.3 Å². The van der Waals surface area contributed by atoms with Gasteiger partial charge in [0.2, 0.25) is 6.79 Å². The normalized spacial score (nSPS) is 21.8. The Bertz CT molecular complexity index is 1170. The van der Waals surface area contributed by atoms with Crippen LogP contribution in [0.2, 0.25) is 0 Å². The SMILES string of the molecule is C=CC1=C(C(=O)OCOC(=O)C2CCCCC2)N2C(=O)C(NC(=O)C(=NOCC)c3csc(N)n3)[C@H]2SC1. The zero-order valence-electron chi connectivity index (χ0n) is 20.8. The van der Waals surface area contributed by atoms with Crippen LogP contribution in [-0.2, 0) is 33.5 Å². The summed E-state index contributed by atoms with van der Waals surface area (Å²) in [5.74, 6) is -2.19. The summed E-state index contributed by atoms with van der Waals surface area (Å²) in [6.07, 6.45) is 6.05. The number of esters is 2. The number of carbonyl (C=O) groups excluding carboxylic acids is 4. The van der Waals surface area contributed by atoms with E-state index < -0.39 is 36.0 Å². The van der Waals surface area contributed by atoms with Gasteiger partial charge in [-0.15, -0.1) is 23.1 Å². The fourth-order valence-corrected chi connectivity index (χ4v) is 6.28. The Morgan fingerprint density at radius 1 is 1.29 bits per heavy atom. The van der Waals surface area contributed by atoms with E-state index in [1.807, 2.05) is 0 Å². The van der Waals surface area contributed by atoms with Crippen molar-refractivity contribution in [2.75, 3.05) is 24.9 Å². The van der Waals surface area contributed by atoms with Crippen molar-refractivity contribution >= 4 is 57.7 Å². The van der Waals surface area contributed by atoms with E-state index in [1.165, 1.54) is 22.7 Å². The molecule has 2 fully saturated rings. The summed E-state index contributed by atoms with van der Waals surface area (Å²) in [4.78, 5) is 61.7. The molecule has 14 heteroatoms. The third-order valence-electron chi connectivity index (χ3n) is 6.32. The Hall–Kier alpha value is -3.39. The number of ether oxygens (including phenoxy) is 2. The molecule has 0 radical (unpaired) electrons. The van der Waals surface area contributed by atoms with Crippen LogP contribution in [0, 0.1) is 5.92 Å². The molecule has 2 amide bonds. The lowest BCUT2D eigenvalue weighted by atomic mass is 9.89. The highest BCUT2D eigenvalue weighted by atomic mass is 32.2. The minimum atomic E-state index is -0.923. The van der Waals surface area contributed by atoms with Gasteiger partial charge in [-0.3, -0.25) is 19.3 Å². The number of rotatable bonds is 10. The maximum absolute atomic E-state index is 13.1. The number of anilines is 1. The highest BCUT2D eigenvalue weighted by Crippen LogP contribution is 2.41. The van der Waals surface area contributed by atoms with E-state index in [-0.39, 0.29) is 40.7 Å². The maximum atomic E-state index is 13.1. The second-order valence-corrected chi connectivity index (χ2v) is 10.7. The number of oxime groups is 1. The van der Waals surface area contributed by atoms with Gasteiger partial charge in [-0.1, -0.05) is 37.1 Å². The molecule has 0 spiro atoms. The summed E-state index contributed by atoms with van der Waals surface area (Å²) in [7, 11) is 0. The number of thiazole rings is 1. The standard InChI is InChI=1S/C24H29N5O7S2/c1-3-13-10-37-21-17(27-19(30)16(28-36-4-2)15-11-38-24(25)26-15)20(31)29(21)18(13)23(33)35-12-34-22(32)14-8-6-5-7-9-14/h3,11,14,17,21H,1,4-10,12H2,2H3,(H2,25,26)(H,27,30)/t17?,21-/m1/s1. The minimum absolute atomic E-state index is 0.0171. The van der Waals surface area contributed by atoms with Gasteiger partial charge in [0.05, 0.1) is 5.92 Å². The maximum Gasteiger partial charge on any atom is 0.358 e. The highest BCUT2D eigenvalue weighted by Gasteiger charge is 2.54. The Morgan fingerprint density at radius 2 is 2.05 bits per heavy atom. The summed E-state index contributed by atoms with van der Waals surface area (Å²) in [5, 5.41) is 7.75. The topological polar surface area (TPSA) is 163 Å². The monoisotopic (exact) mass is 563 g/mol. The molecule has 0 bridgehead atoms. The molecule has 1 aromatic heterocycles. The molecule has 1 aliphatic carbocycles. The lowest BCUT2D eigenvalue weighted by Crippen LogP contribution is -2.71. The first kappa shape index (κ1) is 27.6. The number of thioether (sulfide) groups is 1. The Balaban J connectivity index is 1.40. The average molecular weight is 564 g/mol. The van der Waals surface area contributed by atoms with E-state index in [9.17, 15) is 19.2 Å². The number of aromatic nitrogens is 1. The third kappa shape index (κ3) is 5.85. The summed E-state index contributed by atoms with van der Waals surface area (Å²) >= 11 is 2.50. The van der Waals surface area contributed by atoms with Crippen LogP contribution < -0.4 is 11.1 Å². The molecule has 0 aromatic carbocycles. The summed E-state index contributed by atoms with van der Waals surface area (Å²) in [6.45, 7) is 5.12. The molecule has 204 valence electrons. The molecule has 1 unspecified atom stereocenters. The fraction of sp³-hybridized carbons (Fsp3) is 0.500. The molecule has 12 nitrogen and oxygen atoms in total. The van der Waals surface area contributed by atoms with Gasteiger partial charge in [0.1, 0.15) is 29.4 Å². The number of fused-ring (bicyclic) bond motifs is 1. The number of hydrogen-bond acceptors (Lipinski definition) is 12. The molecule has 3 heterocycles. The van der Waals surface area contributed by atoms with Crippen molar-refractivity contribution in [3.8, 4) is 0 Å². The number of carbonyl (C=O) groups is 4. The number of allylic oxidation sites excluding steroid dienone is 1. The number of nitrogen functional groups attached to an aromatic ring is 1. The van der Waals surface area contributed by atoms with Crippen molar-refractivity contribution in [1.82, 2.24) is 15.2 Å². The Morgan fingerprint density at radius 3 is 2.71 bits per heavy atom. The lowest BCUT2D eigenvalue weighted by Gasteiger charge is -2.49. The second kappa shape index (κ2) is 12.4. The van der Waals surface area contributed by atoms with Crippen molar-refractivity contribution in [3.63, 3.8) is 0 Å². The quantitative estimate of drug-likeness (QED) is 0.141. The van der Waals surface area contributed by atoms with Crippen LogP contribution in [0.1, 0.15) is 44.7 Å². The first-order chi connectivity index (χ1) is 18.3. The molecule has 3 aliphatic rings. The van der Waals surface area contributed by atoms with Crippen molar-refractivity contribution in [1.29, 1.82) is 0 Å². The second-order valence-electron chi connectivity index (χ2n) is 8.72. The van der Waals surface area contributed by atoms with E-state index >= 15 is 0 Å². The van der Waals surface area contributed by atoms with E-state index in [1.54, 1.807) is 12.3 Å². The molecule has 3 N–H and O–H groups in total. The molecule has 38 heavy (non-hydrogen) atoms. The highest BCUT2D eigenvalue weighted by molar-refractivity contribution is 8.00. The average Bonchev–Trinajstić information content (AvgIpc) is 3.36. The number of β-lactam (4-membered cyclic amide) rings is 1. The molecular weight excluding hydrogens is 534 g/mol. The zero-order chi connectivity index (χ0) is 27.2.